The maximum Gasteiger partial charge on any atom is 0.391 e. The second-order valence-electron chi connectivity index (χ2n) is 5.87. The highest BCUT2D eigenvalue weighted by atomic mass is 19.4. The van der Waals surface area contributed by atoms with Crippen LogP contribution in [0.15, 0.2) is 0 Å². The Bertz CT molecular complexity index is 324. The van der Waals surface area contributed by atoms with Crippen LogP contribution in [0.5, 0.6) is 0 Å². The van der Waals surface area contributed by atoms with Crippen LogP contribution in [-0.4, -0.2) is 24.2 Å². The number of carbonyl (C=O) groups is 1. The van der Waals surface area contributed by atoms with Gasteiger partial charge in [-0.3, -0.25) is 4.79 Å². The number of hydrogen-bond acceptors (Lipinski definition) is 2. The van der Waals surface area contributed by atoms with Gasteiger partial charge in [0.05, 0.1) is 5.92 Å². The molecule has 0 heterocycles. The van der Waals surface area contributed by atoms with E-state index in [0.717, 1.165) is 12.8 Å². The minimum absolute atomic E-state index is 0.0246. The van der Waals surface area contributed by atoms with Crippen molar-refractivity contribution in [1.82, 2.24) is 5.32 Å². The highest BCUT2D eigenvalue weighted by molar-refractivity contribution is 5.79. The van der Waals surface area contributed by atoms with Crippen LogP contribution in [0.2, 0.25) is 0 Å². The van der Waals surface area contributed by atoms with Crippen molar-refractivity contribution in [2.24, 2.45) is 17.6 Å². The van der Waals surface area contributed by atoms with Gasteiger partial charge in [0.25, 0.3) is 0 Å². The summed E-state index contributed by atoms with van der Waals surface area (Å²) in [6, 6.07) is -0.000333. The molecule has 0 spiro atoms. The largest absolute Gasteiger partial charge is 0.391 e. The van der Waals surface area contributed by atoms with Crippen LogP contribution in [0.4, 0.5) is 13.2 Å². The smallest absolute Gasteiger partial charge is 0.353 e. The van der Waals surface area contributed by atoms with Crippen molar-refractivity contribution in [1.29, 1.82) is 0 Å². The second kappa shape index (κ2) is 5.69. The van der Waals surface area contributed by atoms with Crippen molar-refractivity contribution in [3.63, 3.8) is 0 Å². The van der Waals surface area contributed by atoms with Gasteiger partial charge in [-0.25, -0.2) is 0 Å². The normalized spacial score (nSPS) is 36.2. The predicted molar refractivity (Wildman–Crippen MR) is 65.3 cm³/mol. The summed E-state index contributed by atoms with van der Waals surface area (Å²) in [6.07, 6.45) is -0.638. The molecular weight excluding hydrogens is 257 g/mol. The van der Waals surface area contributed by atoms with Crippen molar-refractivity contribution in [3.05, 3.63) is 0 Å². The van der Waals surface area contributed by atoms with Gasteiger partial charge < -0.3 is 11.1 Å². The monoisotopic (exact) mass is 278 g/mol. The Morgan fingerprint density at radius 1 is 1.05 bits per heavy atom. The van der Waals surface area contributed by atoms with Gasteiger partial charge in [-0.05, 0) is 44.9 Å². The van der Waals surface area contributed by atoms with Crippen LogP contribution in [0, 0.1) is 11.8 Å². The number of nitrogens with two attached hydrogens (primary N) is 1. The first-order valence-corrected chi connectivity index (χ1v) is 6.99. The summed E-state index contributed by atoms with van der Waals surface area (Å²) < 4.78 is 37.6. The summed E-state index contributed by atoms with van der Waals surface area (Å²) in [5.41, 5.74) is 5.76. The summed E-state index contributed by atoms with van der Waals surface area (Å²) in [6.45, 7) is 0. The zero-order valence-electron chi connectivity index (χ0n) is 10.9. The third kappa shape index (κ3) is 3.84. The average molecular weight is 278 g/mol. The first-order valence-electron chi connectivity index (χ1n) is 6.99. The first kappa shape index (κ1) is 14.6. The Morgan fingerprint density at radius 2 is 1.68 bits per heavy atom. The number of nitrogens with one attached hydrogen (secondary N) is 1. The lowest BCUT2D eigenvalue weighted by Crippen LogP contribution is -2.42. The summed E-state index contributed by atoms with van der Waals surface area (Å²) in [4.78, 5) is 11.9. The Labute approximate surface area is 111 Å². The van der Waals surface area contributed by atoms with E-state index in [9.17, 15) is 18.0 Å². The topological polar surface area (TPSA) is 55.1 Å². The summed E-state index contributed by atoms with van der Waals surface area (Å²) in [5, 5.41) is 2.89. The Balaban J connectivity index is 1.75. The van der Waals surface area contributed by atoms with E-state index in [1.165, 1.54) is 0 Å². The SMILES string of the molecule is NC1CCC(C(=O)NC2CCC(C(F)(F)F)CC2)C1. The van der Waals surface area contributed by atoms with Gasteiger partial charge in [0, 0.05) is 18.0 Å². The average Bonchev–Trinajstić information content (AvgIpc) is 2.75. The van der Waals surface area contributed by atoms with E-state index in [1.807, 2.05) is 0 Å². The van der Waals surface area contributed by atoms with Gasteiger partial charge in [-0.15, -0.1) is 0 Å². The maximum atomic E-state index is 12.5. The van der Waals surface area contributed by atoms with E-state index in [4.69, 9.17) is 5.73 Å². The van der Waals surface area contributed by atoms with Crippen molar-refractivity contribution < 1.29 is 18.0 Å². The fraction of sp³-hybridized carbons (Fsp3) is 0.923. The van der Waals surface area contributed by atoms with Crippen LogP contribution in [-0.2, 0) is 4.79 Å². The number of carbonyl (C=O) groups excluding carboxylic acids is 1. The van der Waals surface area contributed by atoms with Crippen molar-refractivity contribution in [2.75, 3.05) is 0 Å². The Morgan fingerprint density at radius 3 is 2.16 bits per heavy atom. The zero-order chi connectivity index (χ0) is 14.0. The molecule has 2 rings (SSSR count). The molecule has 0 aliphatic heterocycles. The van der Waals surface area contributed by atoms with Crippen LogP contribution in [0.25, 0.3) is 0 Å². The molecule has 2 unspecified atom stereocenters. The lowest BCUT2D eigenvalue weighted by atomic mass is 9.85. The molecule has 3 nitrogen and oxygen atoms in total. The third-order valence-corrected chi connectivity index (χ3v) is 4.38. The maximum absolute atomic E-state index is 12.5. The molecule has 0 aromatic heterocycles. The molecule has 0 bridgehead atoms. The van der Waals surface area contributed by atoms with Crippen molar-refractivity contribution >= 4 is 5.91 Å². The standard InChI is InChI=1S/C13H21F3N2O/c14-13(15,16)9-2-5-11(6-3-9)18-12(19)8-1-4-10(17)7-8/h8-11H,1-7,17H2,(H,18,19). The van der Waals surface area contributed by atoms with Gasteiger partial charge in [0.15, 0.2) is 0 Å². The fourth-order valence-corrected chi connectivity index (χ4v) is 3.14. The quantitative estimate of drug-likeness (QED) is 0.814. The van der Waals surface area contributed by atoms with E-state index in [2.05, 4.69) is 5.32 Å². The van der Waals surface area contributed by atoms with Crippen LogP contribution in [0.1, 0.15) is 44.9 Å². The Hall–Kier alpha value is -0.780. The molecule has 2 fully saturated rings. The minimum atomic E-state index is -4.09. The molecule has 0 radical (unpaired) electrons. The third-order valence-electron chi connectivity index (χ3n) is 4.38. The number of alkyl halides is 3. The summed E-state index contributed by atoms with van der Waals surface area (Å²) >= 11 is 0. The molecule has 2 atom stereocenters. The van der Waals surface area contributed by atoms with Crippen LogP contribution >= 0.6 is 0 Å². The molecule has 0 saturated heterocycles. The molecule has 19 heavy (non-hydrogen) atoms. The van der Waals surface area contributed by atoms with Crippen LogP contribution in [0.3, 0.4) is 0 Å². The molecule has 1 amide bonds. The van der Waals surface area contributed by atoms with Gasteiger partial charge in [-0.1, -0.05) is 0 Å². The summed E-state index contributed by atoms with van der Waals surface area (Å²) in [7, 11) is 0. The minimum Gasteiger partial charge on any atom is -0.353 e. The van der Waals surface area contributed by atoms with Gasteiger partial charge >= 0.3 is 6.18 Å². The second-order valence-corrected chi connectivity index (χ2v) is 5.87. The lowest BCUT2D eigenvalue weighted by Gasteiger charge is -2.30. The number of halogens is 3. The molecule has 3 N–H and O–H groups in total. The molecular formula is C13H21F3N2O. The fourth-order valence-electron chi connectivity index (χ4n) is 3.14. The number of rotatable bonds is 2. The predicted octanol–water partition coefficient (Wildman–Crippen LogP) is 2.35. The highest BCUT2D eigenvalue weighted by Gasteiger charge is 2.41. The van der Waals surface area contributed by atoms with Gasteiger partial charge in [-0.2, -0.15) is 13.2 Å². The van der Waals surface area contributed by atoms with Gasteiger partial charge in [0.1, 0.15) is 0 Å². The molecule has 2 aliphatic carbocycles. The van der Waals surface area contributed by atoms with E-state index < -0.39 is 12.1 Å². The lowest BCUT2D eigenvalue weighted by molar-refractivity contribution is -0.182. The molecule has 2 aliphatic rings. The highest BCUT2D eigenvalue weighted by Crippen LogP contribution is 2.37. The van der Waals surface area contributed by atoms with E-state index in [1.54, 1.807) is 0 Å². The molecule has 0 aromatic carbocycles. The number of amides is 1. The van der Waals surface area contributed by atoms with E-state index in [-0.39, 0.29) is 36.8 Å². The number of hydrogen-bond donors (Lipinski definition) is 2. The van der Waals surface area contributed by atoms with Gasteiger partial charge in [0.2, 0.25) is 5.91 Å². The molecule has 2 saturated carbocycles. The van der Waals surface area contributed by atoms with Crippen LogP contribution < -0.4 is 11.1 Å². The first-order chi connectivity index (χ1) is 8.86. The van der Waals surface area contributed by atoms with E-state index >= 15 is 0 Å². The van der Waals surface area contributed by atoms with E-state index in [0.29, 0.717) is 19.3 Å². The molecule has 6 heteroatoms. The van der Waals surface area contributed by atoms with Crippen molar-refractivity contribution in [3.8, 4) is 0 Å². The summed E-state index contributed by atoms with van der Waals surface area (Å²) in [5.74, 6) is -1.26. The molecule has 0 aromatic rings. The zero-order valence-corrected chi connectivity index (χ0v) is 10.9. The Kier molecular flexibility index (Phi) is 4.38. The molecule has 110 valence electrons. The van der Waals surface area contributed by atoms with Crippen molar-refractivity contribution in [2.45, 2.75) is 63.2 Å².